The number of aromatic carboxylic acids is 1. The number of nitrogens with zero attached hydrogens (tertiary/aromatic N) is 3. The van der Waals surface area contributed by atoms with E-state index in [4.69, 9.17) is 0 Å². The van der Waals surface area contributed by atoms with Crippen LogP contribution in [0.3, 0.4) is 0 Å². The fraction of sp³-hybridized carbons (Fsp3) is 0.200. The molecule has 0 unspecified atom stereocenters. The summed E-state index contributed by atoms with van der Waals surface area (Å²) >= 11 is 1.54. The van der Waals surface area contributed by atoms with Crippen molar-refractivity contribution in [1.82, 2.24) is 14.8 Å². The summed E-state index contributed by atoms with van der Waals surface area (Å²) in [7, 11) is 0. The number of anilines is 1. The van der Waals surface area contributed by atoms with Crippen LogP contribution in [0.25, 0.3) is 11.4 Å². The molecule has 0 saturated heterocycles. The zero-order valence-corrected chi connectivity index (χ0v) is 16.3. The number of carboxylic acid groups (broad SMARTS) is 1. The summed E-state index contributed by atoms with van der Waals surface area (Å²) in [5, 5.41) is 23.0. The smallest absolute Gasteiger partial charge is 0.221 e. The number of thioether (sulfide) groups is 1. The predicted molar refractivity (Wildman–Crippen MR) is 106 cm³/mol. The molecule has 144 valence electrons. The van der Waals surface area contributed by atoms with Crippen LogP contribution in [0.15, 0.2) is 53.7 Å². The Balaban J connectivity index is 1.74. The third-order valence-corrected chi connectivity index (χ3v) is 5.09. The molecule has 8 heteroatoms. The molecule has 0 bridgehead atoms. The second-order valence-corrected chi connectivity index (χ2v) is 7.02. The molecule has 0 radical (unpaired) electrons. The zero-order chi connectivity index (χ0) is 20.1. The Morgan fingerprint density at radius 1 is 1.07 bits per heavy atom. The highest BCUT2D eigenvalue weighted by Crippen LogP contribution is 2.27. The first kappa shape index (κ1) is 19.6. The molecule has 7 nitrogen and oxygen atoms in total. The van der Waals surface area contributed by atoms with Crippen LogP contribution in [0.2, 0.25) is 0 Å². The maximum absolute atomic E-state index is 11.1. The SMILES string of the molecule is CCn1c(SCc2ccc(C(=O)[O-])cc2)nnc1-c1ccc(NC(C)=O)cc1. The van der Waals surface area contributed by atoms with Gasteiger partial charge in [-0.15, -0.1) is 10.2 Å². The lowest BCUT2D eigenvalue weighted by Crippen LogP contribution is -2.21. The van der Waals surface area contributed by atoms with Crippen molar-refractivity contribution in [2.24, 2.45) is 0 Å². The lowest BCUT2D eigenvalue weighted by molar-refractivity contribution is -0.255. The highest BCUT2D eigenvalue weighted by atomic mass is 32.2. The van der Waals surface area contributed by atoms with E-state index in [1.807, 2.05) is 35.8 Å². The monoisotopic (exact) mass is 395 g/mol. The molecule has 1 heterocycles. The van der Waals surface area contributed by atoms with Crippen molar-refractivity contribution in [2.45, 2.75) is 31.3 Å². The average molecular weight is 395 g/mol. The van der Waals surface area contributed by atoms with Crippen molar-refractivity contribution < 1.29 is 14.7 Å². The molecular weight excluding hydrogens is 376 g/mol. The van der Waals surface area contributed by atoms with E-state index in [0.29, 0.717) is 12.3 Å². The fourth-order valence-electron chi connectivity index (χ4n) is 2.68. The highest BCUT2D eigenvalue weighted by molar-refractivity contribution is 7.98. The van der Waals surface area contributed by atoms with Crippen LogP contribution in [-0.4, -0.2) is 26.6 Å². The minimum atomic E-state index is -1.18. The number of hydrogen-bond donors (Lipinski definition) is 1. The van der Waals surface area contributed by atoms with Gasteiger partial charge < -0.3 is 19.8 Å². The third-order valence-electron chi connectivity index (χ3n) is 4.05. The molecule has 1 amide bonds. The Labute approximate surface area is 166 Å². The van der Waals surface area contributed by atoms with Crippen LogP contribution in [0.1, 0.15) is 29.8 Å². The number of aromatic nitrogens is 3. The van der Waals surface area contributed by atoms with Gasteiger partial charge in [0, 0.05) is 30.5 Å². The molecule has 0 spiro atoms. The van der Waals surface area contributed by atoms with Gasteiger partial charge in [0.1, 0.15) is 0 Å². The van der Waals surface area contributed by atoms with Gasteiger partial charge in [-0.2, -0.15) is 0 Å². The number of carboxylic acids is 1. The van der Waals surface area contributed by atoms with Gasteiger partial charge in [0.2, 0.25) is 5.91 Å². The predicted octanol–water partition coefficient (Wildman–Crippen LogP) is 2.58. The van der Waals surface area contributed by atoms with Crippen LogP contribution >= 0.6 is 11.8 Å². The summed E-state index contributed by atoms with van der Waals surface area (Å²) in [5.74, 6) is 0.106. The standard InChI is InChI=1S/C20H20N4O3S/c1-3-24-18(15-8-10-17(11-9-15)21-13(2)25)22-23-20(24)28-12-14-4-6-16(7-5-14)19(26)27/h4-11H,3,12H2,1-2H3,(H,21,25)(H,26,27)/p-1. The quantitative estimate of drug-likeness (QED) is 0.617. The zero-order valence-electron chi connectivity index (χ0n) is 15.5. The van der Waals surface area contributed by atoms with Crippen molar-refractivity contribution >= 4 is 29.3 Å². The second kappa shape index (κ2) is 8.71. The van der Waals surface area contributed by atoms with Gasteiger partial charge >= 0.3 is 0 Å². The number of rotatable bonds is 7. The average Bonchev–Trinajstić information content (AvgIpc) is 3.09. The van der Waals surface area contributed by atoms with Gasteiger partial charge in [0.05, 0.1) is 5.97 Å². The lowest BCUT2D eigenvalue weighted by atomic mass is 10.1. The maximum Gasteiger partial charge on any atom is 0.221 e. The number of carbonyl (C=O) groups is 2. The maximum atomic E-state index is 11.1. The molecule has 1 aromatic heterocycles. The molecule has 0 aliphatic carbocycles. The molecule has 2 aromatic carbocycles. The largest absolute Gasteiger partial charge is 0.545 e. The number of hydrogen-bond acceptors (Lipinski definition) is 6. The minimum absolute atomic E-state index is 0.115. The number of amides is 1. The fourth-order valence-corrected chi connectivity index (χ4v) is 3.64. The lowest BCUT2D eigenvalue weighted by Gasteiger charge is -2.09. The second-order valence-electron chi connectivity index (χ2n) is 6.08. The van der Waals surface area contributed by atoms with Crippen LogP contribution in [0.5, 0.6) is 0 Å². The van der Waals surface area contributed by atoms with Gasteiger partial charge in [-0.25, -0.2) is 0 Å². The van der Waals surface area contributed by atoms with Gasteiger partial charge in [-0.05, 0) is 42.3 Å². The first-order valence-corrected chi connectivity index (χ1v) is 9.70. The third kappa shape index (κ3) is 4.58. The minimum Gasteiger partial charge on any atom is -0.545 e. The van der Waals surface area contributed by atoms with Crippen LogP contribution in [-0.2, 0) is 17.1 Å². The summed E-state index contributed by atoms with van der Waals surface area (Å²) in [6.45, 7) is 4.20. The number of benzene rings is 2. The summed E-state index contributed by atoms with van der Waals surface area (Å²) in [6.07, 6.45) is 0. The molecule has 0 aliphatic heterocycles. The van der Waals surface area contributed by atoms with E-state index in [9.17, 15) is 14.7 Å². The summed E-state index contributed by atoms with van der Waals surface area (Å²) in [6, 6.07) is 14.1. The summed E-state index contributed by atoms with van der Waals surface area (Å²) < 4.78 is 2.02. The molecule has 0 atom stereocenters. The van der Waals surface area contributed by atoms with Gasteiger partial charge in [-0.3, -0.25) is 4.79 Å². The molecule has 1 N–H and O–H groups in total. The highest BCUT2D eigenvalue weighted by Gasteiger charge is 2.13. The molecule has 28 heavy (non-hydrogen) atoms. The Morgan fingerprint density at radius 2 is 1.75 bits per heavy atom. The van der Waals surface area contributed by atoms with Crippen LogP contribution in [0, 0.1) is 0 Å². The topological polar surface area (TPSA) is 99.9 Å². The Hall–Kier alpha value is -3.13. The Bertz CT molecular complexity index is 982. The van der Waals surface area contributed by atoms with Gasteiger partial charge in [0.15, 0.2) is 11.0 Å². The van der Waals surface area contributed by atoms with Crippen molar-refractivity contribution in [2.75, 3.05) is 5.32 Å². The molecule has 0 aliphatic rings. The van der Waals surface area contributed by atoms with Gasteiger partial charge in [-0.1, -0.05) is 36.0 Å². The first-order valence-electron chi connectivity index (χ1n) is 8.72. The molecule has 0 saturated carbocycles. The normalized spacial score (nSPS) is 10.6. The van der Waals surface area contributed by atoms with E-state index in [0.717, 1.165) is 27.8 Å². The van der Waals surface area contributed by atoms with E-state index in [1.165, 1.54) is 30.8 Å². The van der Waals surface area contributed by atoms with Gasteiger partial charge in [0.25, 0.3) is 0 Å². The molecule has 0 fully saturated rings. The van der Waals surface area contributed by atoms with E-state index in [1.54, 1.807) is 12.1 Å². The van der Waals surface area contributed by atoms with Crippen molar-refractivity contribution in [3.05, 3.63) is 59.7 Å². The van der Waals surface area contributed by atoms with E-state index in [-0.39, 0.29) is 11.5 Å². The van der Waals surface area contributed by atoms with Crippen LogP contribution in [0.4, 0.5) is 5.69 Å². The summed E-state index contributed by atoms with van der Waals surface area (Å²) in [5.41, 5.74) is 2.79. The Kier molecular flexibility index (Phi) is 6.10. The molecule has 3 aromatic rings. The van der Waals surface area contributed by atoms with Crippen molar-refractivity contribution in [3.8, 4) is 11.4 Å². The van der Waals surface area contributed by atoms with Crippen LogP contribution < -0.4 is 10.4 Å². The summed E-state index contributed by atoms with van der Waals surface area (Å²) in [4.78, 5) is 22.0. The van der Waals surface area contributed by atoms with Crippen molar-refractivity contribution in [1.29, 1.82) is 0 Å². The first-order chi connectivity index (χ1) is 13.5. The van der Waals surface area contributed by atoms with Crippen molar-refractivity contribution in [3.63, 3.8) is 0 Å². The number of nitrogens with one attached hydrogen (secondary N) is 1. The van der Waals surface area contributed by atoms with E-state index in [2.05, 4.69) is 15.5 Å². The molecule has 3 rings (SSSR count). The Morgan fingerprint density at radius 3 is 2.32 bits per heavy atom. The van der Waals surface area contributed by atoms with E-state index < -0.39 is 5.97 Å². The number of carbonyl (C=O) groups excluding carboxylic acids is 2. The molecular formula is C20H19N4O3S-. The van der Waals surface area contributed by atoms with E-state index >= 15 is 0 Å².